The molecule has 0 radical (unpaired) electrons. The summed E-state index contributed by atoms with van der Waals surface area (Å²) in [6.45, 7) is 0.637. The van der Waals surface area contributed by atoms with Gasteiger partial charge in [0, 0.05) is 11.8 Å². The number of ether oxygens (including phenoxy) is 1. The summed E-state index contributed by atoms with van der Waals surface area (Å²) in [7, 11) is 3.46. The number of halogens is 1. The van der Waals surface area contributed by atoms with E-state index in [1.165, 1.54) is 0 Å². The molecule has 0 bridgehead atoms. The van der Waals surface area contributed by atoms with Crippen molar-refractivity contribution in [3.63, 3.8) is 0 Å². The smallest absolute Gasteiger partial charge is 0.142 e. The number of hydrogen-bond donors (Lipinski definition) is 1. The molecule has 4 nitrogen and oxygen atoms in total. The number of nitrogens with one attached hydrogen (secondary N) is 1. The molecule has 0 saturated carbocycles. The number of aromatic nitrogens is 2. The maximum atomic E-state index is 6.10. The van der Waals surface area contributed by atoms with Crippen molar-refractivity contribution in [2.24, 2.45) is 0 Å². The molecule has 1 N–H and O–H groups in total. The fourth-order valence-electron chi connectivity index (χ4n) is 1.63. The molecule has 0 amide bonds. The van der Waals surface area contributed by atoms with Crippen LogP contribution in [0, 0.1) is 0 Å². The Morgan fingerprint density at radius 2 is 2.17 bits per heavy atom. The zero-order chi connectivity index (χ0) is 13.0. The van der Waals surface area contributed by atoms with Crippen molar-refractivity contribution in [2.45, 2.75) is 6.54 Å². The van der Waals surface area contributed by atoms with Crippen LogP contribution in [0.4, 0.5) is 0 Å². The average molecular weight is 264 g/mol. The first-order chi connectivity index (χ1) is 8.74. The van der Waals surface area contributed by atoms with Gasteiger partial charge in [0.15, 0.2) is 0 Å². The largest absolute Gasteiger partial charge is 0.495 e. The second-order valence-corrected chi connectivity index (χ2v) is 4.14. The van der Waals surface area contributed by atoms with Crippen LogP contribution in [-0.2, 0) is 6.54 Å². The topological polar surface area (TPSA) is 47.0 Å². The third-order valence-corrected chi connectivity index (χ3v) is 2.78. The van der Waals surface area contributed by atoms with Gasteiger partial charge in [-0.2, -0.15) is 0 Å². The van der Waals surface area contributed by atoms with Crippen LogP contribution in [0.15, 0.2) is 30.5 Å². The first-order valence-corrected chi connectivity index (χ1v) is 5.93. The quantitative estimate of drug-likeness (QED) is 0.921. The molecule has 94 valence electrons. The molecule has 1 aromatic carbocycles. The molecule has 0 atom stereocenters. The third-order valence-electron chi connectivity index (χ3n) is 2.49. The van der Waals surface area contributed by atoms with E-state index in [4.69, 9.17) is 16.3 Å². The molecule has 0 aliphatic rings. The Kier molecular flexibility index (Phi) is 4.12. The van der Waals surface area contributed by atoms with Crippen molar-refractivity contribution >= 4 is 11.6 Å². The molecule has 0 unspecified atom stereocenters. The summed E-state index contributed by atoms with van der Waals surface area (Å²) in [5.41, 5.74) is 1.79. The van der Waals surface area contributed by atoms with E-state index in [1.54, 1.807) is 13.3 Å². The summed E-state index contributed by atoms with van der Waals surface area (Å²) in [6, 6.07) is 7.46. The van der Waals surface area contributed by atoms with Gasteiger partial charge in [0.25, 0.3) is 0 Å². The predicted molar refractivity (Wildman–Crippen MR) is 71.8 cm³/mol. The zero-order valence-corrected chi connectivity index (χ0v) is 11.0. The molecule has 2 aromatic rings. The van der Waals surface area contributed by atoms with Gasteiger partial charge in [-0.15, -0.1) is 0 Å². The molecule has 0 spiro atoms. The van der Waals surface area contributed by atoms with Crippen molar-refractivity contribution < 1.29 is 4.74 Å². The molecule has 1 heterocycles. The Labute approximate surface area is 111 Å². The molecule has 18 heavy (non-hydrogen) atoms. The lowest BCUT2D eigenvalue weighted by molar-refractivity contribution is 0.415. The monoisotopic (exact) mass is 263 g/mol. The number of nitrogens with zero attached hydrogens (tertiary/aromatic N) is 2. The molecule has 0 aliphatic heterocycles. The Morgan fingerprint density at radius 3 is 2.83 bits per heavy atom. The van der Waals surface area contributed by atoms with E-state index in [0.717, 1.165) is 17.1 Å². The van der Waals surface area contributed by atoms with Crippen molar-refractivity contribution in [1.82, 2.24) is 15.3 Å². The predicted octanol–water partition coefficient (Wildman–Crippen LogP) is 2.53. The van der Waals surface area contributed by atoms with Crippen molar-refractivity contribution in [3.8, 4) is 17.0 Å². The van der Waals surface area contributed by atoms with Crippen molar-refractivity contribution in [3.05, 3.63) is 41.3 Å². The lowest BCUT2D eigenvalue weighted by Gasteiger charge is -2.06. The number of methoxy groups -OCH3 is 1. The van der Waals surface area contributed by atoms with E-state index >= 15 is 0 Å². The second kappa shape index (κ2) is 5.80. The fourth-order valence-corrected chi connectivity index (χ4v) is 1.89. The van der Waals surface area contributed by atoms with Gasteiger partial charge in [0.05, 0.1) is 24.4 Å². The molecular weight excluding hydrogens is 250 g/mol. The minimum absolute atomic E-state index is 0.573. The molecule has 2 rings (SSSR count). The first kappa shape index (κ1) is 12.8. The summed E-state index contributed by atoms with van der Waals surface area (Å²) >= 11 is 6.10. The molecular formula is C13H14ClN3O. The highest BCUT2D eigenvalue weighted by atomic mass is 35.5. The Balaban J connectivity index is 2.36. The number of rotatable bonds is 4. The molecule has 0 aliphatic carbocycles. The Bertz CT molecular complexity index is 546. The summed E-state index contributed by atoms with van der Waals surface area (Å²) in [6.07, 6.45) is 1.74. The van der Waals surface area contributed by atoms with Gasteiger partial charge >= 0.3 is 0 Å². The van der Waals surface area contributed by atoms with Crippen LogP contribution in [0.25, 0.3) is 11.3 Å². The Hall–Kier alpha value is -1.65. The summed E-state index contributed by atoms with van der Waals surface area (Å²) in [4.78, 5) is 8.64. The highest BCUT2D eigenvalue weighted by molar-refractivity contribution is 6.32. The fraction of sp³-hybridized carbons (Fsp3) is 0.231. The van der Waals surface area contributed by atoms with E-state index in [-0.39, 0.29) is 0 Å². The van der Waals surface area contributed by atoms with Crippen LogP contribution in [-0.4, -0.2) is 24.1 Å². The molecule has 0 saturated heterocycles. The van der Waals surface area contributed by atoms with Gasteiger partial charge in [-0.05, 0) is 31.3 Å². The van der Waals surface area contributed by atoms with Crippen LogP contribution in [0.5, 0.6) is 5.75 Å². The maximum absolute atomic E-state index is 6.10. The Morgan fingerprint density at radius 1 is 1.33 bits per heavy atom. The summed E-state index contributed by atoms with van der Waals surface area (Å²) < 4.78 is 5.12. The van der Waals surface area contributed by atoms with Crippen LogP contribution in [0.2, 0.25) is 5.02 Å². The minimum atomic E-state index is 0.573. The maximum Gasteiger partial charge on any atom is 0.142 e. The van der Waals surface area contributed by atoms with Gasteiger partial charge in [-0.3, -0.25) is 0 Å². The average Bonchev–Trinajstić information content (AvgIpc) is 2.39. The summed E-state index contributed by atoms with van der Waals surface area (Å²) in [5.74, 6) is 1.41. The number of benzene rings is 1. The highest BCUT2D eigenvalue weighted by Crippen LogP contribution is 2.29. The lowest BCUT2D eigenvalue weighted by atomic mass is 10.1. The van der Waals surface area contributed by atoms with Gasteiger partial charge < -0.3 is 10.1 Å². The SMILES string of the molecule is CNCc1nccc(-c2ccc(OC)c(Cl)c2)n1. The zero-order valence-electron chi connectivity index (χ0n) is 10.3. The molecule has 1 aromatic heterocycles. The first-order valence-electron chi connectivity index (χ1n) is 5.55. The lowest BCUT2D eigenvalue weighted by Crippen LogP contribution is -2.09. The third kappa shape index (κ3) is 2.78. The summed E-state index contributed by atoms with van der Waals surface area (Å²) in [5, 5.41) is 3.59. The van der Waals surface area contributed by atoms with E-state index < -0.39 is 0 Å². The van der Waals surface area contributed by atoms with E-state index in [9.17, 15) is 0 Å². The van der Waals surface area contributed by atoms with Crippen LogP contribution >= 0.6 is 11.6 Å². The van der Waals surface area contributed by atoms with E-state index in [2.05, 4.69) is 15.3 Å². The van der Waals surface area contributed by atoms with Crippen LogP contribution < -0.4 is 10.1 Å². The molecule has 0 fully saturated rings. The van der Waals surface area contributed by atoms with Gasteiger partial charge in [-0.25, -0.2) is 9.97 Å². The van der Waals surface area contributed by atoms with Gasteiger partial charge in [0.2, 0.25) is 0 Å². The standard InChI is InChI=1S/C13H14ClN3O/c1-15-8-13-16-6-5-11(17-13)9-3-4-12(18-2)10(14)7-9/h3-7,15H,8H2,1-2H3. The normalized spacial score (nSPS) is 10.4. The van der Waals surface area contributed by atoms with Crippen LogP contribution in [0.1, 0.15) is 5.82 Å². The van der Waals surface area contributed by atoms with Crippen molar-refractivity contribution in [2.75, 3.05) is 14.2 Å². The van der Waals surface area contributed by atoms with Gasteiger partial charge in [0.1, 0.15) is 11.6 Å². The minimum Gasteiger partial charge on any atom is -0.495 e. The van der Waals surface area contributed by atoms with Crippen molar-refractivity contribution in [1.29, 1.82) is 0 Å². The number of hydrogen-bond acceptors (Lipinski definition) is 4. The van der Waals surface area contributed by atoms with E-state index in [1.807, 2.05) is 31.3 Å². The van der Waals surface area contributed by atoms with E-state index in [0.29, 0.717) is 17.3 Å². The highest BCUT2D eigenvalue weighted by Gasteiger charge is 2.06. The molecule has 5 heteroatoms. The second-order valence-electron chi connectivity index (χ2n) is 3.74. The van der Waals surface area contributed by atoms with Crippen LogP contribution in [0.3, 0.4) is 0 Å². The van der Waals surface area contributed by atoms with Gasteiger partial charge in [-0.1, -0.05) is 11.6 Å².